The van der Waals surface area contributed by atoms with Crippen LogP contribution in [0.1, 0.15) is 46.6 Å². The molecule has 1 saturated carbocycles. The van der Waals surface area contributed by atoms with E-state index in [1.165, 1.54) is 19.1 Å². The molecule has 2 fully saturated rings. The third-order valence-electron chi connectivity index (χ3n) is 5.34. The number of nitrogens with one attached hydrogen (secondary N) is 1. The van der Waals surface area contributed by atoms with Crippen molar-refractivity contribution in [2.45, 2.75) is 31.7 Å². The molecule has 2 amide bonds. The van der Waals surface area contributed by atoms with Gasteiger partial charge in [0, 0.05) is 38.4 Å². The molecule has 1 aliphatic heterocycles. The second-order valence-corrected chi connectivity index (χ2v) is 7.14. The molecule has 1 N–H and O–H groups in total. The van der Waals surface area contributed by atoms with Crippen LogP contribution in [-0.2, 0) is 0 Å². The molecule has 0 atom stereocenters. The highest BCUT2D eigenvalue weighted by Crippen LogP contribution is 2.20. The highest BCUT2D eigenvalue weighted by Gasteiger charge is 2.24. The van der Waals surface area contributed by atoms with Gasteiger partial charge in [-0.05, 0) is 31.0 Å². The number of amides is 2. The number of furan rings is 1. The predicted octanol–water partition coefficient (Wildman–Crippen LogP) is 2.31. The van der Waals surface area contributed by atoms with E-state index in [1.807, 2.05) is 6.07 Å². The molecule has 1 aliphatic carbocycles. The monoisotopic (exact) mass is 368 g/mol. The summed E-state index contributed by atoms with van der Waals surface area (Å²) >= 11 is 0. The van der Waals surface area contributed by atoms with Crippen LogP contribution in [0.3, 0.4) is 0 Å². The van der Waals surface area contributed by atoms with Gasteiger partial charge in [-0.15, -0.1) is 0 Å². The quantitative estimate of drug-likeness (QED) is 0.896. The lowest BCUT2D eigenvalue weighted by molar-refractivity contribution is 0.0714. The van der Waals surface area contributed by atoms with E-state index in [4.69, 9.17) is 4.42 Å². The molecule has 0 bridgehead atoms. The van der Waals surface area contributed by atoms with Gasteiger partial charge >= 0.3 is 0 Å². The number of carbonyl (C=O) groups is 2. The fourth-order valence-corrected chi connectivity index (χ4v) is 3.79. The number of anilines is 1. The van der Waals surface area contributed by atoms with E-state index < -0.39 is 0 Å². The molecule has 2 aliphatic rings. The number of pyridine rings is 1. The van der Waals surface area contributed by atoms with Gasteiger partial charge in [0.2, 0.25) is 0 Å². The van der Waals surface area contributed by atoms with Crippen molar-refractivity contribution in [1.29, 1.82) is 0 Å². The average molecular weight is 368 g/mol. The molecule has 1 saturated heterocycles. The third-order valence-corrected chi connectivity index (χ3v) is 5.34. The van der Waals surface area contributed by atoms with Gasteiger partial charge < -0.3 is 19.5 Å². The molecule has 4 rings (SSSR count). The first-order valence-electron chi connectivity index (χ1n) is 9.54. The number of hydrogen-bond donors (Lipinski definition) is 1. The van der Waals surface area contributed by atoms with Crippen LogP contribution in [0.15, 0.2) is 41.3 Å². The van der Waals surface area contributed by atoms with Gasteiger partial charge in [0.25, 0.3) is 11.8 Å². The van der Waals surface area contributed by atoms with Crippen molar-refractivity contribution < 1.29 is 14.0 Å². The summed E-state index contributed by atoms with van der Waals surface area (Å²) in [5.41, 5.74) is 1.51. The zero-order valence-corrected chi connectivity index (χ0v) is 15.3. The predicted molar refractivity (Wildman–Crippen MR) is 101 cm³/mol. The fourth-order valence-electron chi connectivity index (χ4n) is 3.79. The van der Waals surface area contributed by atoms with E-state index in [1.54, 1.807) is 29.4 Å². The first-order chi connectivity index (χ1) is 13.2. The highest BCUT2D eigenvalue weighted by molar-refractivity contribution is 5.95. The third kappa shape index (κ3) is 3.97. The van der Waals surface area contributed by atoms with Gasteiger partial charge in [0.05, 0.1) is 23.7 Å². The molecule has 0 unspecified atom stereocenters. The Morgan fingerprint density at radius 3 is 2.59 bits per heavy atom. The van der Waals surface area contributed by atoms with Gasteiger partial charge in [-0.2, -0.15) is 0 Å². The summed E-state index contributed by atoms with van der Waals surface area (Å²) < 4.78 is 5.20. The summed E-state index contributed by atoms with van der Waals surface area (Å²) in [5.74, 6) is 0.237. The van der Waals surface area contributed by atoms with E-state index in [0.717, 1.165) is 18.5 Å². The zero-order chi connectivity index (χ0) is 18.6. The molecule has 7 heteroatoms. The van der Waals surface area contributed by atoms with Gasteiger partial charge in [-0.3, -0.25) is 14.6 Å². The molecular weight excluding hydrogens is 344 g/mol. The normalized spacial score (nSPS) is 17.9. The number of nitrogens with zero attached hydrogens (tertiary/aromatic N) is 3. The molecule has 0 spiro atoms. The van der Waals surface area contributed by atoms with E-state index in [2.05, 4.69) is 15.2 Å². The largest absolute Gasteiger partial charge is 0.459 e. The Bertz CT molecular complexity index is 791. The number of hydrogen-bond acceptors (Lipinski definition) is 5. The van der Waals surface area contributed by atoms with E-state index >= 15 is 0 Å². The molecule has 2 aromatic rings. The van der Waals surface area contributed by atoms with Gasteiger partial charge in [0.15, 0.2) is 5.76 Å². The summed E-state index contributed by atoms with van der Waals surface area (Å²) in [6.45, 7) is 2.61. The second-order valence-electron chi connectivity index (χ2n) is 7.14. The minimum Gasteiger partial charge on any atom is -0.459 e. The van der Waals surface area contributed by atoms with Crippen LogP contribution in [0, 0.1) is 0 Å². The lowest BCUT2D eigenvalue weighted by atomic mass is 10.2. The Labute approximate surface area is 158 Å². The Balaban J connectivity index is 1.37. The van der Waals surface area contributed by atoms with Crippen molar-refractivity contribution in [1.82, 2.24) is 15.2 Å². The van der Waals surface area contributed by atoms with Gasteiger partial charge in [-0.1, -0.05) is 12.8 Å². The van der Waals surface area contributed by atoms with Crippen LogP contribution in [0.2, 0.25) is 0 Å². The Morgan fingerprint density at radius 1 is 1.11 bits per heavy atom. The molecule has 7 nitrogen and oxygen atoms in total. The number of piperazine rings is 1. The van der Waals surface area contributed by atoms with E-state index in [-0.39, 0.29) is 17.9 Å². The van der Waals surface area contributed by atoms with Crippen molar-refractivity contribution in [3.63, 3.8) is 0 Å². The van der Waals surface area contributed by atoms with Crippen LogP contribution in [0.5, 0.6) is 0 Å². The average Bonchev–Trinajstić information content (AvgIpc) is 3.42. The topological polar surface area (TPSA) is 78.7 Å². The summed E-state index contributed by atoms with van der Waals surface area (Å²) in [6, 6.07) is 5.58. The zero-order valence-electron chi connectivity index (χ0n) is 15.3. The van der Waals surface area contributed by atoms with Crippen molar-refractivity contribution in [3.8, 4) is 0 Å². The van der Waals surface area contributed by atoms with Crippen LogP contribution < -0.4 is 10.2 Å². The SMILES string of the molecule is O=C(NC1CCCC1)c1cncc(N2CCN(C(=O)c3ccco3)CC2)c1. The molecular formula is C20H24N4O3. The second kappa shape index (κ2) is 7.82. The maximum atomic E-state index is 12.5. The van der Waals surface area contributed by atoms with Gasteiger partial charge in [-0.25, -0.2) is 0 Å². The van der Waals surface area contributed by atoms with Crippen molar-refractivity contribution >= 4 is 17.5 Å². The van der Waals surface area contributed by atoms with Crippen molar-refractivity contribution in [3.05, 3.63) is 48.2 Å². The van der Waals surface area contributed by atoms with E-state index in [9.17, 15) is 9.59 Å². The Hall–Kier alpha value is -2.83. The fraction of sp³-hybridized carbons (Fsp3) is 0.450. The summed E-state index contributed by atoms with van der Waals surface area (Å²) in [6.07, 6.45) is 9.39. The summed E-state index contributed by atoms with van der Waals surface area (Å²) in [5, 5.41) is 3.10. The molecule has 142 valence electrons. The number of rotatable bonds is 4. The summed E-state index contributed by atoms with van der Waals surface area (Å²) in [7, 11) is 0. The minimum absolute atomic E-state index is 0.0529. The molecule has 0 radical (unpaired) electrons. The Morgan fingerprint density at radius 2 is 1.89 bits per heavy atom. The summed E-state index contributed by atoms with van der Waals surface area (Å²) in [4.78, 5) is 33.0. The highest BCUT2D eigenvalue weighted by atomic mass is 16.3. The number of aromatic nitrogens is 1. The number of carbonyl (C=O) groups excluding carboxylic acids is 2. The molecule has 2 aromatic heterocycles. The molecule has 3 heterocycles. The van der Waals surface area contributed by atoms with Gasteiger partial charge in [0.1, 0.15) is 0 Å². The molecule has 27 heavy (non-hydrogen) atoms. The first-order valence-corrected chi connectivity index (χ1v) is 9.54. The lowest BCUT2D eigenvalue weighted by Gasteiger charge is -2.35. The van der Waals surface area contributed by atoms with Crippen LogP contribution >= 0.6 is 0 Å². The van der Waals surface area contributed by atoms with Crippen LogP contribution in [0.25, 0.3) is 0 Å². The Kier molecular flexibility index (Phi) is 5.09. The molecule has 0 aromatic carbocycles. The van der Waals surface area contributed by atoms with Crippen LogP contribution in [0.4, 0.5) is 5.69 Å². The van der Waals surface area contributed by atoms with Crippen molar-refractivity contribution in [2.24, 2.45) is 0 Å². The minimum atomic E-state index is -0.0810. The first kappa shape index (κ1) is 17.6. The standard InChI is InChI=1S/C20H24N4O3/c25-19(22-16-4-1-2-5-16)15-12-17(14-21-13-15)23-7-9-24(10-8-23)20(26)18-6-3-11-27-18/h3,6,11-14,16H,1-2,4-5,7-10H2,(H,22,25). The lowest BCUT2D eigenvalue weighted by Crippen LogP contribution is -2.48. The maximum absolute atomic E-state index is 12.5. The van der Waals surface area contributed by atoms with Crippen LogP contribution in [-0.4, -0.2) is 53.9 Å². The maximum Gasteiger partial charge on any atom is 0.289 e. The smallest absolute Gasteiger partial charge is 0.289 e. The van der Waals surface area contributed by atoms with E-state index in [0.29, 0.717) is 37.5 Å². The van der Waals surface area contributed by atoms with Crippen molar-refractivity contribution in [2.75, 3.05) is 31.1 Å².